The number of carbonyl (C=O) groups excluding carboxylic acids is 2. The molecule has 1 fully saturated rings. The topological polar surface area (TPSA) is 104 Å². The van der Waals surface area contributed by atoms with Crippen LogP contribution in [-0.2, 0) is 15.7 Å². The van der Waals surface area contributed by atoms with Crippen molar-refractivity contribution in [3.63, 3.8) is 0 Å². The molecule has 10 heteroatoms. The number of benzene rings is 1. The number of aromatic nitrogens is 1. The molecule has 168 valence electrons. The molecule has 1 heterocycles. The van der Waals surface area contributed by atoms with Gasteiger partial charge in [0.05, 0.1) is 11.6 Å². The lowest BCUT2D eigenvalue weighted by atomic mass is 9.83. The summed E-state index contributed by atoms with van der Waals surface area (Å²) in [6.45, 7) is -0.597. The van der Waals surface area contributed by atoms with E-state index in [1.807, 2.05) is 0 Å². The predicted molar refractivity (Wildman–Crippen MR) is 109 cm³/mol. The lowest BCUT2D eigenvalue weighted by molar-refractivity contribution is -0.137. The Labute approximate surface area is 182 Å². The van der Waals surface area contributed by atoms with Gasteiger partial charge in [0.2, 0.25) is 0 Å². The number of pyridine rings is 1. The first-order valence-electron chi connectivity index (χ1n) is 10.0. The lowest BCUT2D eigenvalue weighted by Gasteiger charge is -2.31. The third-order valence-electron chi connectivity index (χ3n) is 5.11. The first-order chi connectivity index (χ1) is 15.2. The molecule has 7 nitrogen and oxygen atoms in total. The van der Waals surface area contributed by atoms with E-state index in [0.29, 0.717) is 12.8 Å². The Bertz CT molecular complexity index is 1030. The summed E-state index contributed by atoms with van der Waals surface area (Å²) in [6.07, 6.45) is 0.571. The van der Waals surface area contributed by atoms with Gasteiger partial charge in [0.1, 0.15) is 16.9 Å². The molecule has 1 aliphatic carbocycles. The minimum absolute atomic E-state index is 0.0157. The Balaban J connectivity index is 1.66. The molecule has 1 aromatic heterocycles. The van der Waals surface area contributed by atoms with Gasteiger partial charge in [-0.1, -0.05) is 25.3 Å². The number of ether oxygens (including phenoxy) is 1. The van der Waals surface area contributed by atoms with Crippen LogP contribution in [0.15, 0.2) is 42.6 Å². The van der Waals surface area contributed by atoms with E-state index in [2.05, 4.69) is 21.7 Å². The summed E-state index contributed by atoms with van der Waals surface area (Å²) in [4.78, 5) is 28.7. The Morgan fingerprint density at radius 1 is 1.16 bits per heavy atom. The Morgan fingerprint density at radius 3 is 2.59 bits per heavy atom. The molecule has 1 saturated carbocycles. The molecular formula is C22H21F3N4O3. The van der Waals surface area contributed by atoms with Gasteiger partial charge in [-0.25, -0.2) is 9.78 Å². The van der Waals surface area contributed by atoms with Crippen molar-refractivity contribution in [3.05, 3.63) is 53.7 Å². The van der Waals surface area contributed by atoms with Crippen LogP contribution in [0.2, 0.25) is 0 Å². The number of rotatable bonds is 6. The molecule has 1 amide bonds. The highest BCUT2D eigenvalue weighted by Crippen LogP contribution is 2.31. The average molecular weight is 446 g/mol. The summed E-state index contributed by atoms with van der Waals surface area (Å²) in [5.41, 5.74) is -1.77. The van der Waals surface area contributed by atoms with Crippen LogP contribution in [0.5, 0.6) is 0 Å². The number of esters is 1. The second-order valence-corrected chi connectivity index (χ2v) is 7.48. The second-order valence-electron chi connectivity index (χ2n) is 7.48. The summed E-state index contributed by atoms with van der Waals surface area (Å²) in [7, 11) is 0. The number of nitrogens with one attached hydrogen (secondary N) is 2. The van der Waals surface area contributed by atoms with Gasteiger partial charge in [-0.3, -0.25) is 4.79 Å². The summed E-state index contributed by atoms with van der Waals surface area (Å²) in [5, 5.41) is 14.8. The first-order valence-corrected chi connectivity index (χ1v) is 10.0. The fourth-order valence-corrected chi connectivity index (χ4v) is 3.51. The average Bonchev–Trinajstić information content (AvgIpc) is 2.78. The molecule has 1 aliphatic rings. The van der Waals surface area contributed by atoms with E-state index in [9.17, 15) is 28.0 Å². The molecule has 32 heavy (non-hydrogen) atoms. The predicted octanol–water partition coefficient (Wildman–Crippen LogP) is 4.34. The molecule has 1 aromatic carbocycles. The van der Waals surface area contributed by atoms with Crippen LogP contribution in [0, 0.1) is 11.3 Å². The number of amides is 1. The van der Waals surface area contributed by atoms with Crippen LogP contribution in [0.4, 0.5) is 24.7 Å². The normalized spacial score (nSPS) is 15.3. The number of anilines is 2. The second kappa shape index (κ2) is 9.68. The van der Waals surface area contributed by atoms with Gasteiger partial charge in [0.15, 0.2) is 6.61 Å². The summed E-state index contributed by atoms with van der Waals surface area (Å²) < 4.78 is 43.9. The SMILES string of the molecule is N#CC1(NC(=O)COC(=O)c2cccnc2Nc2cccc(C(F)(F)F)c2)CCCCC1. The maximum absolute atomic E-state index is 12.9. The zero-order valence-corrected chi connectivity index (χ0v) is 17.0. The molecule has 0 saturated heterocycles. The Hall–Kier alpha value is -3.61. The smallest absolute Gasteiger partial charge is 0.416 e. The minimum Gasteiger partial charge on any atom is -0.452 e. The summed E-state index contributed by atoms with van der Waals surface area (Å²) >= 11 is 0. The number of carbonyl (C=O) groups is 2. The van der Waals surface area contributed by atoms with Gasteiger partial charge < -0.3 is 15.4 Å². The van der Waals surface area contributed by atoms with E-state index < -0.39 is 35.8 Å². The van der Waals surface area contributed by atoms with Crippen molar-refractivity contribution in [3.8, 4) is 6.07 Å². The number of alkyl halides is 3. The van der Waals surface area contributed by atoms with Crippen LogP contribution < -0.4 is 10.6 Å². The highest BCUT2D eigenvalue weighted by Gasteiger charge is 2.34. The van der Waals surface area contributed by atoms with Crippen molar-refractivity contribution in [1.82, 2.24) is 10.3 Å². The zero-order valence-electron chi connectivity index (χ0n) is 17.0. The van der Waals surface area contributed by atoms with E-state index in [1.54, 1.807) is 0 Å². The highest BCUT2D eigenvalue weighted by molar-refractivity contribution is 5.96. The van der Waals surface area contributed by atoms with Gasteiger partial charge in [-0.2, -0.15) is 18.4 Å². The number of nitrogens with zero attached hydrogens (tertiary/aromatic N) is 2. The lowest BCUT2D eigenvalue weighted by Crippen LogP contribution is -2.50. The Kier molecular flexibility index (Phi) is 6.98. The van der Waals surface area contributed by atoms with Crippen LogP contribution in [-0.4, -0.2) is 29.0 Å². The zero-order chi connectivity index (χ0) is 23.2. The molecule has 0 aliphatic heterocycles. The van der Waals surface area contributed by atoms with Gasteiger partial charge in [-0.05, 0) is 43.2 Å². The van der Waals surface area contributed by atoms with Crippen LogP contribution in [0.25, 0.3) is 0 Å². The molecule has 0 radical (unpaired) electrons. The Morgan fingerprint density at radius 2 is 1.91 bits per heavy atom. The third-order valence-corrected chi connectivity index (χ3v) is 5.11. The maximum Gasteiger partial charge on any atom is 0.416 e. The molecule has 0 atom stereocenters. The molecule has 2 N–H and O–H groups in total. The minimum atomic E-state index is -4.52. The monoisotopic (exact) mass is 446 g/mol. The third kappa shape index (κ3) is 5.75. The molecular weight excluding hydrogens is 425 g/mol. The maximum atomic E-state index is 12.9. The highest BCUT2D eigenvalue weighted by atomic mass is 19.4. The summed E-state index contributed by atoms with van der Waals surface area (Å²) in [6, 6.07) is 9.43. The number of halogens is 3. The first kappa shape index (κ1) is 23.1. The quantitative estimate of drug-likeness (QED) is 0.640. The van der Waals surface area contributed by atoms with Gasteiger partial charge in [-0.15, -0.1) is 0 Å². The largest absolute Gasteiger partial charge is 0.452 e. The van der Waals surface area contributed by atoms with Crippen molar-refractivity contribution >= 4 is 23.4 Å². The standard InChI is InChI=1S/C22H21F3N4O3/c23-22(24,25)15-6-4-7-16(12-15)28-19-17(8-5-11-27-19)20(31)32-13-18(30)29-21(14-26)9-2-1-3-10-21/h4-8,11-12H,1-3,9-10,13H2,(H,27,28)(H,29,30). The van der Waals surface area contributed by atoms with Crippen molar-refractivity contribution in [2.24, 2.45) is 0 Å². The molecule has 0 unspecified atom stereocenters. The van der Waals surface area contributed by atoms with E-state index in [1.165, 1.54) is 30.5 Å². The fraction of sp³-hybridized carbons (Fsp3) is 0.364. The van der Waals surface area contributed by atoms with E-state index in [4.69, 9.17) is 4.74 Å². The molecule has 3 rings (SSSR count). The van der Waals surface area contributed by atoms with E-state index in [0.717, 1.165) is 31.4 Å². The van der Waals surface area contributed by atoms with E-state index >= 15 is 0 Å². The fourth-order valence-electron chi connectivity index (χ4n) is 3.51. The van der Waals surface area contributed by atoms with Gasteiger partial charge in [0, 0.05) is 11.9 Å². The van der Waals surface area contributed by atoms with Gasteiger partial charge >= 0.3 is 12.1 Å². The number of hydrogen-bond donors (Lipinski definition) is 2. The van der Waals surface area contributed by atoms with E-state index in [-0.39, 0.29) is 17.1 Å². The van der Waals surface area contributed by atoms with Crippen LogP contribution >= 0.6 is 0 Å². The van der Waals surface area contributed by atoms with Crippen molar-refractivity contribution in [1.29, 1.82) is 5.26 Å². The van der Waals surface area contributed by atoms with Crippen molar-refractivity contribution in [2.75, 3.05) is 11.9 Å². The van der Waals surface area contributed by atoms with Crippen molar-refractivity contribution < 1.29 is 27.5 Å². The van der Waals surface area contributed by atoms with Crippen LogP contribution in [0.3, 0.4) is 0 Å². The van der Waals surface area contributed by atoms with Gasteiger partial charge in [0.25, 0.3) is 5.91 Å². The van der Waals surface area contributed by atoms with Crippen molar-refractivity contribution in [2.45, 2.75) is 43.8 Å². The molecule has 0 spiro atoms. The molecule has 0 bridgehead atoms. The number of hydrogen-bond acceptors (Lipinski definition) is 6. The molecule has 2 aromatic rings. The van der Waals surface area contributed by atoms with Crippen LogP contribution in [0.1, 0.15) is 48.0 Å². The summed E-state index contributed by atoms with van der Waals surface area (Å²) in [5.74, 6) is -1.49. The number of nitriles is 1.